The first-order chi connectivity index (χ1) is 12.3. The Morgan fingerprint density at radius 3 is 1.07 bits per heavy atom. The molecular formula is C21H32O6. The highest BCUT2D eigenvalue weighted by Crippen LogP contribution is 2.40. The van der Waals surface area contributed by atoms with Crippen LogP contribution in [0.4, 0.5) is 0 Å². The highest BCUT2D eigenvalue weighted by molar-refractivity contribution is 5.88. The molecule has 0 heterocycles. The van der Waals surface area contributed by atoms with Gasteiger partial charge in [-0.1, -0.05) is 26.7 Å². The maximum atomic E-state index is 12.1. The molecule has 0 aliphatic carbocycles. The van der Waals surface area contributed by atoms with E-state index in [1.165, 1.54) is 20.8 Å². The summed E-state index contributed by atoms with van der Waals surface area (Å²) in [6.07, 6.45) is -1.78. The van der Waals surface area contributed by atoms with Crippen molar-refractivity contribution in [3.63, 3.8) is 0 Å². The summed E-state index contributed by atoms with van der Waals surface area (Å²) < 4.78 is 16.6. The minimum absolute atomic E-state index is 0.241. The zero-order valence-electron chi connectivity index (χ0n) is 17.5. The maximum Gasteiger partial charge on any atom is 0.333 e. The van der Waals surface area contributed by atoms with E-state index in [1.807, 2.05) is 6.92 Å². The van der Waals surface area contributed by atoms with E-state index in [2.05, 4.69) is 19.7 Å². The lowest BCUT2D eigenvalue weighted by molar-refractivity contribution is -0.190. The first-order valence-corrected chi connectivity index (χ1v) is 8.90. The van der Waals surface area contributed by atoms with Crippen molar-refractivity contribution in [1.29, 1.82) is 0 Å². The van der Waals surface area contributed by atoms with Gasteiger partial charge in [0.1, 0.15) is 18.3 Å². The average molecular weight is 380 g/mol. The van der Waals surface area contributed by atoms with E-state index < -0.39 is 41.6 Å². The molecule has 152 valence electrons. The van der Waals surface area contributed by atoms with E-state index in [0.717, 1.165) is 0 Å². The first kappa shape index (κ1) is 24.6. The second-order valence-corrected chi connectivity index (χ2v) is 6.95. The average Bonchev–Trinajstić information content (AvgIpc) is 2.55. The molecule has 0 rings (SSSR count). The van der Waals surface area contributed by atoms with E-state index in [9.17, 15) is 14.4 Å². The molecular weight excluding hydrogens is 348 g/mol. The topological polar surface area (TPSA) is 78.9 Å². The molecule has 0 N–H and O–H groups in total. The van der Waals surface area contributed by atoms with Crippen LogP contribution in [0.2, 0.25) is 0 Å². The summed E-state index contributed by atoms with van der Waals surface area (Å²) in [4.78, 5) is 36.2. The van der Waals surface area contributed by atoms with Crippen LogP contribution in [-0.4, -0.2) is 36.2 Å². The fraction of sp³-hybridized carbons (Fsp3) is 0.571. The maximum absolute atomic E-state index is 12.1. The Morgan fingerprint density at radius 2 is 0.926 bits per heavy atom. The number of carbonyl (C=O) groups excluding carboxylic acids is 3. The van der Waals surface area contributed by atoms with Crippen molar-refractivity contribution in [2.45, 2.75) is 73.2 Å². The molecule has 27 heavy (non-hydrogen) atoms. The second-order valence-electron chi connectivity index (χ2n) is 6.95. The van der Waals surface area contributed by atoms with E-state index in [4.69, 9.17) is 14.2 Å². The lowest BCUT2D eigenvalue weighted by Gasteiger charge is -2.45. The van der Waals surface area contributed by atoms with Gasteiger partial charge in [0.2, 0.25) is 0 Å². The summed E-state index contributed by atoms with van der Waals surface area (Å²) in [6, 6.07) is 0. The van der Waals surface area contributed by atoms with E-state index in [0.29, 0.717) is 6.42 Å². The Labute approximate surface area is 162 Å². The molecule has 6 heteroatoms. The quantitative estimate of drug-likeness (QED) is 0.325. The molecule has 0 saturated carbocycles. The largest absolute Gasteiger partial charge is 0.458 e. The van der Waals surface area contributed by atoms with Crippen molar-refractivity contribution in [1.82, 2.24) is 0 Å². The van der Waals surface area contributed by atoms with Gasteiger partial charge in [0, 0.05) is 16.7 Å². The number of ether oxygens (including phenoxy) is 3. The summed E-state index contributed by atoms with van der Waals surface area (Å²) in [6.45, 7) is 22.3. The summed E-state index contributed by atoms with van der Waals surface area (Å²) in [5.41, 5.74) is -0.263. The van der Waals surface area contributed by atoms with Gasteiger partial charge >= 0.3 is 17.9 Å². The fourth-order valence-electron chi connectivity index (χ4n) is 2.97. The molecule has 3 atom stereocenters. The molecule has 0 saturated heterocycles. The molecule has 0 aliphatic heterocycles. The molecule has 0 amide bonds. The van der Waals surface area contributed by atoms with Crippen molar-refractivity contribution in [2.75, 3.05) is 0 Å². The Kier molecular flexibility index (Phi) is 9.21. The van der Waals surface area contributed by atoms with Crippen molar-refractivity contribution >= 4 is 17.9 Å². The lowest BCUT2D eigenvalue weighted by atomic mass is 9.71. The molecule has 0 fully saturated rings. The zero-order chi connectivity index (χ0) is 21.5. The summed E-state index contributed by atoms with van der Waals surface area (Å²) in [7, 11) is 0. The van der Waals surface area contributed by atoms with Gasteiger partial charge in [-0.2, -0.15) is 0 Å². The van der Waals surface area contributed by atoms with E-state index in [1.54, 1.807) is 20.8 Å². The third kappa shape index (κ3) is 6.08. The predicted molar refractivity (Wildman–Crippen MR) is 104 cm³/mol. The second kappa shape index (κ2) is 10.1. The SMILES string of the molecule is C=C(C)C(=O)OC(C)C(CC)(C(C)OC(=O)C(=C)C)C(C)OC(=O)C(=C)C. The van der Waals surface area contributed by atoms with Crippen LogP contribution in [0, 0.1) is 5.41 Å². The first-order valence-electron chi connectivity index (χ1n) is 8.90. The standard InChI is InChI=1S/C21H32O6/c1-11-21(15(8)25-18(22)12(2)3,16(9)26-19(23)13(4)5)17(10)27-20(24)14(6)7/h15-17H,2,4,6,11H2,1,3,5,7-10H3. The Hall–Kier alpha value is -2.37. The van der Waals surface area contributed by atoms with Crippen LogP contribution in [0.3, 0.4) is 0 Å². The van der Waals surface area contributed by atoms with Gasteiger partial charge in [-0.3, -0.25) is 0 Å². The van der Waals surface area contributed by atoms with Gasteiger partial charge in [-0.15, -0.1) is 0 Å². The van der Waals surface area contributed by atoms with Gasteiger partial charge in [0.05, 0.1) is 5.41 Å². The zero-order valence-corrected chi connectivity index (χ0v) is 17.5. The van der Waals surface area contributed by atoms with Gasteiger partial charge in [-0.25, -0.2) is 14.4 Å². The number of carbonyl (C=O) groups is 3. The Morgan fingerprint density at radius 1 is 0.704 bits per heavy atom. The normalized spacial score (nSPS) is 16.1. The summed E-state index contributed by atoms with van der Waals surface area (Å²) >= 11 is 0. The third-order valence-corrected chi connectivity index (χ3v) is 4.78. The molecule has 0 bridgehead atoms. The molecule has 0 aliphatic rings. The van der Waals surface area contributed by atoms with Crippen molar-refractivity contribution in [3.05, 3.63) is 36.5 Å². The van der Waals surface area contributed by atoms with Crippen LogP contribution in [0.15, 0.2) is 36.5 Å². The number of rotatable bonds is 10. The fourth-order valence-corrected chi connectivity index (χ4v) is 2.97. The molecule has 0 radical (unpaired) electrons. The van der Waals surface area contributed by atoms with Crippen molar-refractivity contribution in [2.24, 2.45) is 5.41 Å². The highest BCUT2D eigenvalue weighted by atomic mass is 16.6. The van der Waals surface area contributed by atoms with Gasteiger partial charge in [-0.05, 0) is 48.0 Å². The van der Waals surface area contributed by atoms with Crippen LogP contribution in [0.25, 0.3) is 0 Å². The van der Waals surface area contributed by atoms with Crippen molar-refractivity contribution < 1.29 is 28.6 Å². The monoisotopic (exact) mass is 380 g/mol. The smallest absolute Gasteiger partial charge is 0.333 e. The van der Waals surface area contributed by atoms with Gasteiger partial charge < -0.3 is 14.2 Å². The molecule has 0 aromatic carbocycles. The summed E-state index contributed by atoms with van der Waals surface area (Å²) in [5, 5.41) is 0. The molecule has 3 unspecified atom stereocenters. The van der Waals surface area contributed by atoms with Crippen LogP contribution in [-0.2, 0) is 28.6 Å². The highest BCUT2D eigenvalue weighted by Gasteiger charge is 2.50. The Balaban J connectivity index is 5.98. The van der Waals surface area contributed by atoms with Crippen LogP contribution in [0.1, 0.15) is 54.9 Å². The minimum atomic E-state index is -0.985. The minimum Gasteiger partial charge on any atom is -0.458 e. The van der Waals surface area contributed by atoms with Crippen LogP contribution >= 0.6 is 0 Å². The Bertz CT molecular complexity index is 547. The third-order valence-electron chi connectivity index (χ3n) is 4.78. The number of hydrogen-bond acceptors (Lipinski definition) is 6. The van der Waals surface area contributed by atoms with Gasteiger partial charge in [0.15, 0.2) is 0 Å². The van der Waals surface area contributed by atoms with Crippen molar-refractivity contribution in [3.8, 4) is 0 Å². The van der Waals surface area contributed by atoms with Crippen LogP contribution in [0.5, 0.6) is 0 Å². The lowest BCUT2D eigenvalue weighted by Crippen LogP contribution is -2.54. The molecule has 0 spiro atoms. The molecule has 6 nitrogen and oxygen atoms in total. The molecule has 0 aromatic rings. The van der Waals surface area contributed by atoms with E-state index >= 15 is 0 Å². The summed E-state index contributed by atoms with van der Waals surface area (Å²) in [5.74, 6) is -1.72. The predicted octanol–water partition coefficient (Wildman–Crippen LogP) is 3.91. The van der Waals surface area contributed by atoms with E-state index in [-0.39, 0.29) is 16.7 Å². The van der Waals surface area contributed by atoms with Crippen LogP contribution < -0.4 is 0 Å². The number of hydrogen-bond donors (Lipinski definition) is 0. The molecule has 0 aromatic heterocycles. The van der Waals surface area contributed by atoms with Gasteiger partial charge in [0.25, 0.3) is 0 Å². The number of esters is 3.